The van der Waals surface area contributed by atoms with E-state index in [0.29, 0.717) is 24.5 Å². The molecule has 0 aliphatic rings. The van der Waals surface area contributed by atoms with Gasteiger partial charge < -0.3 is 10.2 Å². The summed E-state index contributed by atoms with van der Waals surface area (Å²) < 4.78 is 27.1. The molecule has 0 atom stereocenters. The molecule has 1 N–H and O–H groups in total. The maximum atomic E-state index is 13.7. The van der Waals surface area contributed by atoms with Crippen LogP contribution in [0, 0.1) is 11.6 Å². The van der Waals surface area contributed by atoms with Gasteiger partial charge in [0.05, 0.1) is 6.20 Å². The van der Waals surface area contributed by atoms with E-state index in [2.05, 4.69) is 10.3 Å². The van der Waals surface area contributed by atoms with Crippen LogP contribution in [-0.2, 0) is 13.1 Å². The van der Waals surface area contributed by atoms with Crippen LogP contribution in [0.4, 0.5) is 14.6 Å². The molecule has 1 aromatic heterocycles. The van der Waals surface area contributed by atoms with E-state index in [4.69, 9.17) is 0 Å². The van der Waals surface area contributed by atoms with Crippen LogP contribution >= 0.6 is 0 Å². The van der Waals surface area contributed by atoms with Gasteiger partial charge in [-0.1, -0.05) is 25.1 Å². The zero-order chi connectivity index (χ0) is 15.2. The van der Waals surface area contributed by atoms with Crippen molar-refractivity contribution in [3.05, 3.63) is 59.3 Å². The van der Waals surface area contributed by atoms with Gasteiger partial charge in [0.2, 0.25) is 0 Å². The number of anilines is 1. The lowest BCUT2D eigenvalue weighted by atomic mass is 10.2. The van der Waals surface area contributed by atoms with E-state index in [1.807, 2.05) is 18.9 Å². The monoisotopic (exact) mass is 291 g/mol. The molecule has 1 aromatic carbocycles. The Morgan fingerprint density at radius 3 is 2.67 bits per heavy atom. The van der Waals surface area contributed by atoms with Crippen molar-refractivity contribution in [2.75, 3.05) is 18.5 Å². The first-order chi connectivity index (χ1) is 10.1. The Kier molecular flexibility index (Phi) is 5.22. The van der Waals surface area contributed by atoms with Gasteiger partial charge in [0.25, 0.3) is 0 Å². The van der Waals surface area contributed by atoms with Crippen molar-refractivity contribution >= 4 is 5.82 Å². The van der Waals surface area contributed by atoms with E-state index in [-0.39, 0.29) is 11.6 Å². The number of nitrogens with zero attached hydrogens (tertiary/aromatic N) is 2. The second kappa shape index (κ2) is 7.13. The quantitative estimate of drug-likeness (QED) is 0.886. The summed E-state index contributed by atoms with van der Waals surface area (Å²) in [6.45, 7) is 3.67. The highest BCUT2D eigenvalue weighted by atomic mass is 19.1. The fourth-order valence-electron chi connectivity index (χ4n) is 2.16. The molecule has 0 saturated carbocycles. The standard InChI is InChI=1S/C16H19F2N3/c1-3-19-9-13-8-14(17)10-20-16(13)21(2)11-12-6-4-5-7-15(12)18/h4-8,10,19H,3,9,11H2,1-2H3. The minimum atomic E-state index is -0.369. The highest BCUT2D eigenvalue weighted by Gasteiger charge is 2.12. The maximum absolute atomic E-state index is 13.7. The Morgan fingerprint density at radius 2 is 1.95 bits per heavy atom. The van der Waals surface area contributed by atoms with Crippen LogP contribution < -0.4 is 10.2 Å². The van der Waals surface area contributed by atoms with Crippen molar-refractivity contribution in [3.8, 4) is 0 Å². The number of benzene rings is 1. The van der Waals surface area contributed by atoms with Crippen molar-refractivity contribution < 1.29 is 8.78 Å². The number of pyridine rings is 1. The van der Waals surface area contributed by atoms with Gasteiger partial charge in [-0.3, -0.25) is 0 Å². The first-order valence-electron chi connectivity index (χ1n) is 6.91. The van der Waals surface area contributed by atoms with Crippen LogP contribution in [0.25, 0.3) is 0 Å². The van der Waals surface area contributed by atoms with Crippen LogP contribution in [0.15, 0.2) is 36.5 Å². The topological polar surface area (TPSA) is 28.2 Å². The van der Waals surface area contributed by atoms with Crippen molar-refractivity contribution in [3.63, 3.8) is 0 Å². The molecule has 0 saturated heterocycles. The molecule has 2 rings (SSSR count). The first kappa shape index (κ1) is 15.4. The summed E-state index contributed by atoms with van der Waals surface area (Å²) in [6, 6.07) is 8.08. The molecule has 5 heteroatoms. The van der Waals surface area contributed by atoms with Crippen LogP contribution in [0.3, 0.4) is 0 Å². The Hall–Kier alpha value is -2.01. The molecular weight excluding hydrogens is 272 g/mol. The third kappa shape index (κ3) is 3.98. The largest absolute Gasteiger partial charge is 0.355 e. The Bertz CT molecular complexity index is 602. The lowest BCUT2D eigenvalue weighted by Gasteiger charge is -2.21. The molecule has 0 aliphatic heterocycles. The first-order valence-corrected chi connectivity index (χ1v) is 6.91. The SMILES string of the molecule is CCNCc1cc(F)cnc1N(C)Cc1ccccc1F. The van der Waals surface area contributed by atoms with Crippen molar-refractivity contribution in [1.82, 2.24) is 10.3 Å². The molecule has 0 radical (unpaired) electrons. The van der Waals surface area contributed by atoms with Crippen molar-refractivity contribution in [2.24, 2.45) is 0 Å². The zero-order valence-electron chi connectivity index (χ0n) is 12.2. The minimum absolute atomic E-state index is 0.250. The van der Waals surface area contributed by atoms with Gasteiger partial charge in [0.15, 0.2) is 0 Å². The molecule has 2 aromatic rings. The van der Waals surface area contributed by atoms with Crippen LogP contribution in [0.2, 0.25) is 0 Å². The molecule has 0 fully saturated rings. The predicted molar refractivity (Wildman–Crippen MR) is 80.1 cm³/mol. The Balaban J connectivity index is 2.22. The van der Waals surface area contributed by atoms with E-state index < -0.39 is 0 Å². The van der Waals surface area contributed by atoms with Gasteiger partial charge in [-0.25, -0.2) is 13.8 Å². The van der Waals surface area contributed by atoms with Crippen LogP contribution in [0.1, 0.15) is 18.1 Å². The predicted octanol–water partition coefficient (Wildman–Crippen LogP) is 3.11. The van der Waals surface area contributed by atoms with Gasteiger partial charge in [0.1, 0.15) is 17.5 Å². The van der Waals surface area contributed by atoms with Crippen molar-refractivity contribution in [2.45, 2.75) is 20.0 Å². The highest BCUT2D eigenvalue weighted by Crippen LogP contribution is 2.20. The summed E-state index contributed by atoms with van der Waals surface area (Å²) in [7, 11) is 1.82. The number of hydrogen-bond donors (Lipinski definition) is 1. The molecule has 3 nitrogen and oxygen atoms in total. The zero-order valence-corrected chi connectivity index (χ0v) is 12.2. The molecule has 1 heterocycles. The molecular formula is C16H19F2N3. The summed E-state index contributed by atoms with van der Waals surface area (Å²) in [5, 5.41) is 3.15. The minimum Gasteiger partial charge on any atom is -0.355 e. The maximum Gasteiger partial charge on any atom is 0.141 e. The number of hydrogen-bond acceptors (Lipinski definition) is 3. The molecule has 0 unspecified atom stereocenters. The third-order valence-corrected chi connectivity index (χ3v) is 3.20. The fraction of sp³-hybridized carbons (Fsp3) is 0.312. The fourth-order valence-corrected chi connectivity index (χ4v) is 2.16. The highest BCUT2D eigenvalue weighted by molar-refractivity contribution is 5.47. The average molecular weight is 291 g/mol. The molecule has 0 bridgehead atoms. The van der Waals surface area contributed by atoms with Crippen LogP contribution in [-0.4, -0.2) is 18.6 Å². The van der Waals surface area contributed by atoms with E-state index >= 15 is 0 Å². The molecule has 0 aliphatic carbocycles. The number of halogens is 2. The summed E-state index contributed by atoms with van der Waals surface area (Å²) >= 11 is 0. The molecule has 21 heavy (non-hydrogen) atoms. The van der Waals surface area contributed by atoms with E-state index in [9.17, 15) is 8.78 Å². The smallest absolute Gasteiger partial charge is 0.141 e. The van der Waals surface area contributed by atoms with E-state index in [0.717, 1.165) is 12.1 Å². The van der Waals surface area contributed by atoms with E-state index in [1.54, 1.807) is 18.2 Å². The molecule has 0 amide bonds. The summed E-state index contributed by atoms with van der Waals surface area (Å²) in [5.74, 6) is 0.0336. The Labute approximate surface area is 123 Å². The van der Waals surface area contributed by atoms with Gasteiger partial charge in [0, 0.05) is 31.3 Å². The van der Waals surface area contributed by atoms with Crippen LogP contribution in [0.5, 0.6) is 0 Å². The average Bonchev–Trinajstić information content (AvgIpc) is 2.47. The summed E-state index contributed by atoms with van der Waals surface area (Å²) in [5.41, 5.74) is 1.34. The van der Waals surface area contributed by atoms with Gasteiger partial charge in [-0.2, -0.15) is 0 Å². The number of nitrogens with one attached hydrogen (secondary N) is 1. The van der Waals surface area contributed by atoms with Gasteiger partial charge >= 0.3 is 0 Å². The lowest BCUT2D eigenvalue weighted by molar-refractivity contribution is 0.603. The summed E-state index contributed by atoms with van der Waals surface area (Å²) in [4.78, 5) is 5.97. The van der Waals surface area contributed by atoms with Gasteiger partial charge in [-0.05, 0) is 18.7 Å². The normalized spacial score (nSPS) is 10.7. The van der Waals surface area contributed by atoms with Gasteiger partial charge in [-0.15, -0.1) is 0 Å². The summed E-state index contributed by atoms with van der Waals surface area (Å²) in [6.07, 6.45) is 1.18. The second-order valence-corrected chi connectivity index (χ2v) is 4.86. The lowest BCUT2D eigenvalue weighted by Crippen LogP contribution is -2.22. The van der Waals surface area contributed by atoms with Crippen molar-refractivity contribution in [1.29, 1.82) is 0 Å². The molecule has 112 valence electrons. The Morgan fingerprint density at radius 1 is 1.19 bits per heavy atom. The van der Waals surface area contributed by atoms with E-state index in [1.165, 1.54) is 18.3 Å². The second-order valence-electron chi connectivity index (χ2n) is 4.86. The molecule has 0 spiro atoms. The number of aromatic nitrogens is 1. The third-order valence-electron chi connectivity index (χ3n) is 3.20. The number of rotatable bonds is 6.